The predicted molar refractivity (Wildman–Crippen MR) is 97.5 cm³/mol. The molecule has 1 aromatic heterocycles. The molecule has 138 valence electrons. The number of nitrogens with zero attached hydrogens (tertiary/aromatic N) is 2. The lowest BCUT2D eigenvalue weighted by molar-refractivity contribution is -0.147. The van der Waals surface area contributed by atoms with Crippen LogP contribution in [-0.4, -0.2) is 43.5 Å². The summed E-state index contributed by atoms with van der Waals surface area (Å²) in [5.74, 6) is 0.551. The zero-order chi connectivity index (χ0) is 18.4. The van der Waals surface area contributed by atoms with E-state index in [1.807, 2.05) is 42.5 Å². The number of benzene rings is 1. The number of anilines is 1. The Kier molecular flexibility index (Phi) is 6.07. The minimum atomic E-state index is -0.153. The van der Waals surface area contributed by atoms with E-state index in [1.54, 1.807) is 11.2 Å². The average Bonchev–Trinajstić information content (AvgIpc) is 3.20. The van der Waals surface area contributed by atoms with Crippen molar-refractivity contribution < 1.29 is 18.7 Å². The molecule has 0 spiro atoms. The minimum Gasteiger partial charge on any atom is -0.469 e. The monoisotopic (exact) mass is 356 g/mol. The Bertz CT molecular complexity index is 707. The van der Waals surface area contributed by atoms with Gasteiger partial charge in [0.25, 0.3) is 0 Å². The second kappa shape index (κ2) is 8.67. The third-order valence-electron chi connectivity index (χ3n) is 4.74. The molecule has 1 aliphatic rings. The Morgan fingerprint density at radius 3 is 2.50 bits per heavy atom. The van der Waals surface area contributed by atoms with Crippen molar-refractivity contribution in [2.75, 3.05) is 31.6 Å². The lowest BCUT2D eigenvalue weighted by Crippen LogP contribution is -2.44. The molecule has 0 unspecified atom stereocenters. The fourth-order valence-corrected chi connectivity index (χ4v) is 3.26. The molecule has 6 heteroatoms. The van der Waals surface area contributed by atoms with Gasteiger partial charge in [-0.25, -0.2) is 0 Å². The molecule has 0 radical (unpaired) electrons. The fraction of sp³-hybridized carbons (Fsp3) is 0.400. The molecule has 0 saturated carbocycles. The Hall–Kier alpha value is -2.60. The molecule has 1 fully saturated rings. The molecule has 6 nitrogen and oxygen atoms in total. The number of furan rings is 1. The van der Waals surface area contributed by atoms with Crippen molar-refractivity contribution in [3.8, 4) is 0 Å². The Balaban J connectivity index is 1.64. The van der Waals surface area contributed by atoms with Crippen LogP contribution < -0.4 is 4.90 Å². The van der Waals surface area contributed by atoms with Gasteiger partial charge < -0.3 is 14.1 Å². The summed E-state index contributed by atoms with van der Waals surface area (Å²) >= 11 is 0. The number of esters is 1. The van der Waals surface area contributed by atoms with E-state index in [1.165, 1.54) is 7.11 Å². The van der Waals surface area contributed by atoms with E-state index in [0.717, 1.165) is 37.4 Å². The van der Waals surface area contributed by atoms with Gasteiger partial charge in [0.15, 0.2) is 0 Å². The van der Waals surface area contributed by atoms with E-state index in [0.29, 0.717) is 13.1 Å². The number of carbonyl (C=O) groups excluding carboxylic acids is 2. The molecular formula is C20H24N2O4. The number of piperidine rings is 1. The Morgan fingerprint density at radius 2 is 1.88 bits per heavy atom. The standard InChI is InChI=1S/C20H24N2O4/c1-25-20(24)16-9-11-21(12-10-16)15-19(23)22(14-18-8-5-13-26-18)17-6-3-2-4-7-17/h2-8,13,16H,9-12,14-15H2,1H3. The number of carbonyl (C=O) groups is 2. The van der Waals surface area contributed by atoms with Crippen molar-refractivity contribution in [3.05, 3.63) is 54.5 Å². The Morgan fingerprint density at radius 1 is 1.15 bits per heavy atom. The smallest absolute Gasteiger partial charge is 0.308 e. The highest BCUT2D eigenvalue weighted by molar-refractivity contribution is 5.94. The second-order valence-electron chi connectivity index (χ2n) is 6.47. The van der Waals surface area contributed by atoms with Gasteiger partial charge in [-0.05, 0) is 50.2 Å². The molecule has 0 bridgehead atoms. The maximum Gasteiger partial charge on any atom is 0.308 e. The number of para-hydroxylation sites is 1. The van der Waals surface area contributed by atoms with Crippen LogP contribution in [0.25, 0.3) is 0 Å². The van der Waals surface area contributed by atoms with Crippen molar-refractivity contribution in [1.29, 1.82) is 0 Å². The number of ether oxygens (including phenoxy) is 1. The summed E-state index contributed by atoms with van der Waals surface area (Å²) in [6, 6.07) is 13.3. The Labute approximate surface area is 153 Å². The quantitative estimate of drug-likeness (QED) is 0.745. The van der Waals surface area contributed by atoms with Crippen LogP contribution >= 0.6 is 0 Å². The lowest BCUT2D eigenvalue weighted by atomic mass is 9.97. The van der Waals surface area contributed by atoms with Crippen LogP contribution in [0.2, 0.25) is 0 Å². The van der Waals surface area contributed by atoms with Crippen LogP contribution in [0.4, 0.5) is 5.69 Å². The molecular weight excluding hydrogens is 332 g/mol. The number of hydrogen-bond acceptors (Lipinski definition) is 5. The number of likely N-dealkylation sites (tertiary alicyclic amines) is 1. The van der Waals surface area contributed by atoms with E-state index < -0.39 is 0 Å². The SMILES string of the molecule is COC(=O)C1CCN(CC(=O)N(Cc2ccco2)c2ccccc2)CC1. The highest BCUT2D eigenvalue weighted by Crippen LogP contribution is 2.21. The van der Waals surface area contributed by atoms with Crippen molar-refractivity contribution >= 4 is 17.6 Å². The third-order valence-corrected chi connectivity index (χ3v) is 4.74. The normalized spacial score (nSPS) is 15.6. The van der Waals surface area contributed by atoms with Crippen molar-refractivity contribution in [1.82, 2.24) is 4.90 Å². The lowest BCUT2D eigenvalue weighted by Gasteiger charge is -2.32. The molecule has 2 heterocycles. The van der Waals surface area contributed by atoms with Crippen LogP contribution in [0.15, 0.2) is 53.1 Å². The van der Waals surface area contributed by atoms with E-state index in [-0.39, 0.29) is 17.8 Å². The topological polar surface area (TPSA) is 63.0 Å². The molecule has 0 atom stereocenters. The molecule has 26 heavy (non-hydrogen) atoms. The summed E-state index contributed by atoms with van der Waals surface area (Å²) < 4.78 is 10.2. The van der Waals surface area contributed by atoms with Crippen LogP contribution in [-0.2, 0) is 20.9 Å². The van der Waals surface area contributed by atoms with Crippen LogP contribution in [0, 0.1) is 5.92 Å². The van der Waals surface area contributed by atoms with Crippen LogP contribution in [0.1, 0.15) is 18.6 Å². The molecule has 2 aromatic rings. The number of hydrogen-bond donors (Lipinski definition) is 0. The number of methoxy groups -OCH3 is 1. The van der Waals surface area contributed by atoms with Gasteiger partial charge in [0.1, 0.15) is 5.76 Å². The molecule has 1 saturated heterocycles. The summed E-state index contributed by atoms with van der Waals surface area (Å²) in [6.45, 7) is 2.15. The van der Waals surface area contributed by atoms with Crippen molar-refractivity contribution in [3.63, 3.8) is 0 Å². The second-order valence-corrected chi connectivity index (χ2v) is 6.47. The molecule has 1 amide bonds. The first kappa shape index (κ1) is 18.2. The van der Waals surface area contributed by atoms with Crippen LogP contribution in [0.3, 0.4) is 0 Å². The minimum absolute atomic E-state index is 0.0177. The van der Waals surface area contributed by atoms with E-state index in [9.17, 15) is 9.59 Å². The van der Waals surface area contributed by atoms with E-state index in [4.69, 9.17) is 9.15 Å². The molecule has 3 rings (SSSR count). The summed E-state index contributed by atoms with van der Waals surface area (Å²) in [5.41, 5.74) is 0.846. The molecule has 1 aliphatic heterocycles. The van der Waals surface area contributed by atoms with Crippen molar-refractivity contribution in [2.24, 2.45) is 5.92 Å². The summed E-state index contributed by atoms with van der Waals surface area (Å²) in [6.07, 6.45) is 3.06. The average molecular weight is 356 g/mol. The van der Waals surface area contributed by atoms with Crippen LogP contribution in [0.5, 0.6) is 0 Å². The zero-order valence-corrected chi connectivity index (χ0v) is 15.0. The van der Waals surface area contributed by atoms with E-state index in [2.05, 4.69) is 4.90 Å². The third kappa shape index (κ3) is 4.52. The van der Waals surface area contributed by atoms with Gasteiger partial charge >= 0.3 is 5.97 Å². The van der Waals surface area contributed by atoms with Gasteiger partial charge in [0.2, 0.25) is 5.91 Å². The predicted octanol–water partition coefficient (Wildman–Crippen LogP) is 2.70. The summed E-state index contributed by atoms with van der Waals surface area (Å²) in [7, 11) is 1.42. The maximum atomic E-state index is 13.0. The van der Waals surface area contributed by atoms with Gasteiger partial charge in [-0.15, -0.1) is 0 Å². The molecule has 0 N–H and O–H groups in total. The zero-order valence-electron chi connectivity index (χ0n) is 15.0. The summed E-state index contributed by atoms with van der Waals surface area (Å²) in [4.78, 5) is 28.4. The first-order valence-electron chi connectivity index (χ1n) is 8.85. The molecule has 1 aromatic carbocycles. The number of rotatable bonds is 6. The van der Waals surface area contributed by atoms with E-state index >= 15 is 0 Å². The number of amides is 1. The van der Waals surface area contributed by atoms with Gasteiger partial charge in [-0.3, -0.25) is 14.5 Å². The first-order valence-corrected chi connectivity index (χ1v) is 8.85. The fourth-order valence-electron chi connectivity index (χ4n) is 3.26. The van der Waals surface area contributed by atoms with Gasteiger partial charge in [-0.2, -0.15) is 0 Å². The summed E-state index contributed by atoms with van der Waals surface area (Å²) in [5, 5.41) is 0. The van der Waals surface area contributed by atoms with Gasteiger partial charge in [-0.1, -0.05) is 18.2 Å². The molecule has 0 aliphatic carbocycles. The maximum absolute atomic E-state index is 13.0. The highest BCUT2D eigenvalue weighted by atomic mass is 16.5. The van der Waals surface area contributed by atoms with Gasteiger partial charge in [0.05, 0.1) is 32.4 Å². The van der Waals surface area contributed by atoms with Crippen molar-refractivity contribution in [2.45, 2.75) is 19.4 Å². The first-order chi connectivity index (χ1) is 12.7. The largest absolute Gasteiger partial charge is 0.469 e. The van der Waals surface area contributed by atoms with Gasteiger partial charge in [0, 0.05) is 5.69 Å². The highest BCUT2D eigenvalue weighted by Gasteiger charge is 2.28.